The molecule has 0 aliphatic heterocycles. The molecule has 56 valence electrons. The van der Waals surface area contributed by atoms with E-state index in [2.05, 4.69) is 26.5 Å². The molecule has 0 fully saturated rings. The molecule has 0 amide bonds. The molecule has 0 unspecified atom stereocenters. The fourth-order valence-electron chi connectivity index (χ4n) is 0.494. The van der Waals surface area contributed by atoms with Gasteiger partial charge in [-0.2, -0.15) is 0 Å². The Morgan fingerprint density at radius 1 is 1.44 bits per heavy atom. The average Bonchev–Trinajstić information content (AvgIpc) is 1.69. The van der Waals surface area contributed by atoms with Crippen LogP contribution in [0.4, 0.5) is 0 Å². The maximum absolute atomic E-state index is 4.81. The molecule has 0 spiro atoms. The quantitative estimate of drug-likeness (QED) is 0.486. The largest absolute Gasteiger partial charge is 0.412 e. The van der Waals surface area contributed by atoms with Crippen molar-refractivity contribution in [1.82, 2.24) is 4.90 Å². The van der Waals surface area contributed by atoms with E-state index < -0.39 is 0 Å². The third-order valence-corrected chi connectivity index (χ3v) is 1.58. The zero-order valence-corrected chi connectivity index (χ0v) is 7.43. The fourth-order valence-corrected chi connectivity index (χ4v) is 1.04. The van der Waals surface area contributed by atoms with Crippen LogP contribution in [-0.2, 0) is 0 Å². The van der Waals surface area contributed by atoms with Crippen LogP contribution in [0, 0.1) is 0 Å². The van der Waals surface area contributed by atoms with Gasteiger partial charge in [0.05, 0.1) is 0 Å². The molecule has 0 aromatic rings. The Balaban J connectivity index is 0. The first-order valence-corrected chi connectivity index (χ1v) is 3.55. The highest BCUT2D eigenvalue weighted by Gasteiger charge is 1.96. The van der Waals surface area contributed by atoms with Crippen LogP contribution in [0.25, 0.3) is 0 Å². The molecule has 9 heavy (non-hydrogen) atoms. The van der Waals surface area contributed by atoms with Crippen LogP contribution < -0.4 is 0 Å². The van der Waals surface area contributed by atoms with E-state index in [0.29, 0.717) is 4.32 Å². The molecule has 2 N–H and O–H groups in total. The van der Waals surface area contributed by atoms with Gasteiger partial charge in [0.25, 0.3) is 0 Å². The lowest BCUT2D eigenvalue weighted by Crippen LogP contribution is -2.24. The lowest BCUT2D eigenvalue weighted by atomic mass is 10.6. The highest BCUT2D eigenvalue weighted by molar-refractivity contribution is 8.10. The first-order chi connectivity index (χ1) is 3.72. The minimum atomic E-state index is 0. The smallest absolute Gasteiger partial charge is 0.133 e. The van der Waals surface area contributed by atoms with Gasteiger partial charge in [-0.25, -0.2) is 0 Å². The summed E-state index contributed by atoms with van der Waals surface area (Å²) in [6.45, 7) is 6.04. The Kier molecular flexibility index (Phi) is 8.38. The maximum atomic E-state index is 4.81. The van der Waals surface area contributed by atoms with Crippen LogP contribution in [0.1, 0.15) is 13.8 Å². The van der Waals surface area contributed by atoms with E-state index in [1.165, 1.54) is 0 Å². The second kappa shape index (κ2) is 6.32. The topological polar surface area (TPSA) is 34.7 Å². The predicted molar refractivity (Wildman–Crippen MR) is 48.1 cm³/mol. The Morgan fingerprint density at radius 3 is 1.78 bits per heavy atom. The van der Waals surface area contributed by atoms with Crippen LogP contribution in [0.5, 0.6) is 0 Å². The van der Waals surface area contributed by atoms with Crippen LogP contribution in [0.15, 0.2) is 0 Å². The molecule has 0 saturated carbocycles. The summed E-state index contributed by atoms with van der Waals surface area (Å²) in [6, 6.07) is 0. The van der Waals surface area contributed by atoms with Crippen molar-refractivity contribution in [2.75, 3.05) is 13.1 Å². The minimum Gasteiger partial charge on any atom is -0.412 e. The van der Waals surface area contributed by atoms with Gasteiger partial charge in [-0.1, -0.05) is 12.2 Å². The van der Waals surface area contributed by atoms with E-state index in [1.54, 1.807) is 0 Å². The highest BCUT2D eigenvalue weighted by Crippen LogP contribution is 1.93. The standard InChI is InChI=1S/C5H11NS2.H2O/c1-3-6(4-2)5(7)8;/h3-4H2,1-2H3,(H,7,8);1H2. The zero-order chi connectivity index (χ0) is 6.57. The summed E-state index contributed by atoms with van der Waals surface area (Å²) < 4.78 is 0.690. The van der Waals surface area contributed by atoms with Gasteiger partial charge >= 0.3 is 0 Å². The van der Waals surface area contributed by atoms with Crippen molar-refractivity contribution < 1.29 is 5.48 Å². The Morgan fingerprint density at radius 2 is 1.78 bits per heavy atom. The number of hydrogen-bond acceptors (Lipinski definition) is 1. The zero-order valence-electron chi connectivity index (χ0n) is 5.72. The van der Waals surface area contributed by atoms with Crippen molar-refractivity contribution in [3.8, 4) is 0 Å². The predicted octanol–water partition coefficient (Wildman–Crippen LogP) is 0.718. The van der Waals surface area contributed by atoms with Crippen molar-refractivity contribution in [3.05, 3.63) is 0 Å². The summed E-state index contributed by atoms with van der Waals surface area (Å²) >= 11 is 8.82. The lowest BCUT2D eigenvalue weighted by Gasteiger charge is -2.16. The summed E-state index contributed by atoms with van der Waals surface area (Å²) in [5.41, 5.74) is 0. The molecule has 0 aliphatic carbocycles. The van der Waals surface area contributed by atoms with E-state index in [4.69, 9.17) is 12.2 Å². The molecule has 0 heterocycles. The van der Waals surface area contributed by atoms with Crippen molar-refractivity contribution in [2.24, 2.45) is 0 Å². The first kappa shape index (κ1) is 11.9. The fraction of sp³-hybridized carbons (Fsp3) is 0.800. The monoisotopic (exact) mass is 167 g/mol. The minimum absolute atomic E-state index is 0. The Labute approximate surface area is 67.0 Å². The SMILES string of the molecule is CCN(CC)C(=S)S.O. The molecule has 0 bridgehead atoms. The molecule has 0 aliphatic rings. The van der Waals surface area contributed by atoms with Gasteiger partial charge in [0.2, 0.25) is 0 Å². The number of thiol groups is 1. The lowest BCUT2D eigenvalue weighted by molar-refractivity contribution is 0.482. The third-order valence-electron chi connectivity index (χ3n) is 1.03. The van der Waals surface area contributed by atoms with Crippen LogP contribution in [0.3, 0.4) is 0 Å². The summed E-state index contributed by atoms with van der Waals surface area (Å²) in [5.74, 6) is 0. The molecular formula is C5H13NOS2. The summed E-state index contributed by atoms with van der Waals surface area (Å²) in [4.78, 5) is 2.01. The van der Waals surface area contributed by atoms with Gasteiger partial charge in [-0.05, 0) is 13.8 Å². The molecule has 0 aromatic carbocycles. The second-order valence-corrected chi connectivity index (χ2v) is 2.57. The van der Waals surface area contributed by atoms with Gasteiger partial charge < -0.3 is 10.4 Å². The highest BCUT2D eigenvalue weighted by atomic mass is 32.1. The Bertz CT molecular complexity index is 83.0. The summed E-state index contributed by atoms with van der Waals surface area (Å²) in [5, 5.41) is 0. The van der Waals surface area contributed by atoms with Gasteiger partial charge in [-0.3, -0.25) is 0 Å². The number of hydrogen-bond donors (Lipinski definition) is 1. The van der Waals surface area contributed by atoms with E-state index in [1.807, 2.05) is 4.90 Å². The van der Waals surface area contributed by atoms with Crippen molar-refractivity contribution in [2.45, 2.75) is 13.8 Å². The number of thiocarbonyl (C=S) groups is 1. The third kappa shape index (κ3) is 4.69. The second-order valence-electron chi connectivity index (χ2n) is 1.45. The van der Waals surface area contributed by atoms with E-state index in [9.17, 15) is 0 Å². The van der Waals surface area contributed by atoms with Crippen molar-refractivity contribution in [3.63, 3.8) is 0 Å². The molecule has 0 saturated heterocycles. The molecule has 0 radical (unpaired) electrons. The van der Waals surface area contributed by atoms with Crippen LogP contribution in [0.2, 0.25) is 0 Å². The molecule has 4 heteroatoms. The number of rotatable bonds is 2. The molecule has 2 nitrogen and oxygen atoms in total. The normalized spacial score (nSPS) is 7.89. The van der Waals surface area contributed by atoms with Gasteiger partial charge in [-0.15, -0.1) is 12.6 Å². The molecule has 0 atom stereocenters. The Hall–Kier alpha value is 0.200. The van der Waals surface area contributed by atoms with Crippen LogP contribution in [-0.4, -0.2) is 27.8 Å². The summed E-state index contributed by atoms with van der Waals surface area (Å²) in [6.07, 6.45) is 0. The molecular weight excluding hydrogens is 154 g/mol. The molecule has 0 rings (SSSR count). The summed E-state index contributed by atoms with van der Waals surface area (Å²) in [7, 11) is 0. The van der Waals surface area contributed by atoms with Gasteiger partial charge in [0.1, 0.15) is 4.32 Å². The van der Waals surface area contributed by atoms with E-state index in [0.717, 1.165) is 13.1 Å². The average molecular weight is 167 g/mol. The van der Waals surface area contributed by atoms with Gasteiger partial charge in [0.15, 0.2) is 0 Å². The molecule has 0 aromatic heterocycles. The first-order valence-electron chi connectivity index (χ1n) is 2.70. The van der Waals surface area contributed by atoms with E-state index in [-0.39, 0.29) is 5.48 Å². The van der Waals surface area contributed by atoms with E-state index >= 15 is 0 Å². The van der Waals surface area contributed by atoms with Crippen molar-refractivity contribution in [1.29, 1.82) is 0 Å². The van der Waals surface area contributed by atoms with Gasteiger partial charge in [0, 0.05) is 13.1 Å². The van der Waals surface area contributed by atoms with Crippen molar-refractivity contribution >= 4 is 29.2 Å². The maximum Gasteiger partial charge on any atom is 0.133 e. The van der Waals surface area contributed by atoms with Crippen LogP contribution >= 0.6 is 24.8 Å². The number of nitrogens with zero attached hydrogens (tertiary/aromatic N) is 1.